The minimum atomic E-state index is -0.616. The molecule has 0 atom stereocenters. The van der Waals surface area contributed by atoms with Gasteiger partial charge in [-0.05, 0) is 56.7 Å². The van der Waals surface area contributed by atoms with Gasteiger partial charge in [0.2, 0.25) is 0 Å². The van der Waals surface area contributed by atoms with E-state index in [1.807, 2.05) is 6.07 Å². The largest absolute Gasteiger partial charge is 0.334 e. The van der Waals surface area contributed by atoms with Crippen LogP contribution in [-0.2, 0) is 6.54 Å². The zero-order valence-corrected chi connectivity index (χ0v) is 16.1. The third kappa shape index (κ3) is 3.95. The maximum absolute atomic E-state index is 12.6. The van der Waals surface area contributed by atoms with E-state index in [1.165, 1.54) is 11.0 Å². The Labute approximate surface area is 162 Å². The minimum Gasteiger partial charge on any atom is -0.334 e. The Morgan fingerprint density at radius 2 is 1.74 bits per heavy atom. The number of amides is 4. The fourth-order valence-electron chi connectivity index (χ4n) is 2.93. The number of anilines is 1. The van der Waals surface area contributed by atoms with Gasteiger partial charge in [0.15, 0.2) is 0 Å². The zero-order valence-electron chi connectivity index (χ0n) is 15.3. The van der Waals surface area contributed by atoms with Gasteiger partial charge in [-0.15, -0.1) is 0 Å². The van der Waals surface area contributed by atoms with Crippen molar-refractivity contribution >= 4 is 35.1 Å². The second-order valence-electron chi connectivity index (χ2n) is 7.31. The lowest BCUT2D eigenvalue weighted by molar-refractivity contribution is 0.0507. The molecule has 6 nitrogen and oxygen atoms in total. The Hall–Kier alpha value is -2.86. The molecule has 0 saturated heterocycles. The molecule has 0 fully saturated rings. The van der Waals surface area contributed by atoms with E-state index in [4.69, 9.17) is 11.6 Å². The van der Waals surface area contributed by atoms with Gasteiger partial charge in [-0.1, -0.05) is 23.7 Å². The average molecular weight is 386 g/mol. The lowest BCUT2D eigenvalue weighted by Crippen LogP contribution is -2.45. The molecule has 1 aliphatic rings. The fourth-order valence-corrected chi connectivity index (χ4v) is 3.15. The van der Waals surface area contributed by atoms with Crippen LogP contribution in [0.4, 0.5) is 10.5 Å². The summed E-state index contributed by atoms with van der Waals surface area (Å²) in [5.74, 6) is -0.676. The van der Waals surface area contributed by atoms with Gasteiger partial charge >= 0.3 is 6.03 Å². The zero-order chi connectivity index (χ0) is 19.8. The van der Waals surface area contributed by atoms with Crippen LogP contribution in [0.2, 0.25) is 5.02 Å². The highest BCUT2D eigenvalue weighted by molar-refractivity contribution is 6.30. The number of urea groups is 1. The van der Waals surface area contributed by atoms with Gasteiger partial charge in [0.1, 0.15) is 0 Å². The number of nitrogens with one attached hydrogen (secondary N) is 2. The van der Waals surface area contributed by atoms with Gasteiger partial charge in [-0.25, -0.2) is 4.79 Å². The quantitative estimate of drug-likeness (QED) is 0.782. The van der Waals surface area contributed by atoms with Crippen LogP contribution >= 0.6 is 11.6 Å². The first-order chi connectivity index (χ1) is 12.7. The second kappa shape index (κ2) is 7.04. The molecule has 0 aliphatic carbocycles. The molecule has 0 unspecified atom stereocenters. The van der Waals surface area contributed by atoms with E-state index in [0.717, 1.165) is 5.56 Å². The van der Waals surface area contributed by atoms with Crippen LogP contribution < -0.4 is 10.6 Å². The monoisotopic (exact) mass is 385 g/mol. The molecule has 1 heterocycles. The van der Waals surface area contributed by atoms with Crippen molar-refractivity contribution in [2.24, 2.45) is 0 Å². The standard InChI is InChI=1S/C20H20ClN3O3/c1-20(2,3)24-17(25)15-8-7-14(10-16(15)18(24)26)23-19(27)22-11-12-5-4-6-13(21)9-12/h4-10H,11H2,1-3H3,(H2,22,23,27). The summed E-state index contributed by atoms with van der Waals surface area (Å²) < 4.78 is 0. The van der Waals surface area contributed by atoms with E-state index in [0.29, 0.717) is 28.4 Å². The normalized spacial score (nSPS) is 13.6. The Morgan fingerprint density at radius 1 is 1.04 bits per heavy atom. The van der Waals surface area contributed by atoms with Gasteiger partial charge in [0, 0.05) is 22.8 Å². The lowest BCUT2D eigenvalue weighted by Gasteiger charge is -2.29. The SMILES string of the molecule is CC(C)(C)N1C(=O)c2ccc(NC(=O)NCc3cccc(Cl)c3)cc2C1=O. The molecule has 0 bridgehead atoms. The van der Waals surface area contributed by atoms with Gasteiger partial charge in [-0.3, -0.25) is 14.5 Å². The van der Waals surface area contributed by atoms with Gasteiger partial charge in [-0.2, -0.15) is 0 Å². The van der Waals surface area contributed by atoms with Crippen molar-refractivity contribution in [1.82, 2.24) is 10.2 Å². The van der Waals surface area contributed by atoms with E-state index in [9.17, 15) is 14.4 Å². The number of hydrogen-bond acceptors (Lipinski definition) is 3. The minimum absolute atomic E-state index is 0.294. The van der Waals surface area contributed by atoms with E-state index in [1.54, 1.807) is 51.1 Å². The molecular formula is C20H20ClN3O3. The van der Waals surface area contributed by atoms with Crippen LogP contribution in [0, 0.1) is 0 Å². The number of halogens is 1. The molecule has 0 saturated carbocycles. The van der Waals surface area contributed by atoms with Crippen molar-refractivity contribution in [1.29, 1.82) is 0 Å². The molecule has 2 aromatic carbocycles. The number of rotatable bonds is 3. The van der Waals surface area contributed by atoms with Gasteiger partial charge in [0.05, 0.1) is 11.1 Å². The topological polar surface area (TPSA) is 78.5 Å². The first-order valence-corrected chi connectivity index (χ1v) is 8.87. The Balaban J connectivity index is 1.70. The molecule has 0 radical (unpaired) electrons. The first kappa shape index (κ1) is 18.9. The molecule has 0 aromatic heterocycles. The molecule has 2 aromatic rings. The van der Waals surface area contributed by atoms with E-state index < -0.39 is 11.6 Å². The molecule has 7 heteroatoms. The molecule has 3 rings (SSSR count). The third-order valence-corrected chi connectivity index (χ3v) is 4.39. The summed E-state index contributed by atoms with van der Waals surface area (Å²) >= 11 is 5.92. The number of benzene rings is 2. The van der Waals surface area contributed by atoms with Crippen molar-refractivity contribution < 1.29 is 14.4 Å². The molecular weight excluding hydrogens is 366 g/mol. The molecule has 1 aliphatic heterocycles. The molecule has 27 heavy (non-hydrogen) atoms. The van der Waals surface area contributed by atoms with E-state index in [2.05, 4.69) is 10.6 Å². The highest BCUT2D eigenvalue weighted by atomic mass is 35.5. The van der Waals surface area contributed by atoms with Crippen molar-refractivity contribution in [2.75, 3.05) is 5.32 Å². The second-order valence-corrected chi connectivity index (χ2v) is 7.75. The van der Waals surface area contributed by atoms with Crippen molar-refractivity contribution in [3.05, 3.63) is 64.2 Å². The Morgan fingerprint density at radius 3 is 2.41 bits per heavy atom. The summed E-state index contributed by atoms with van der Waals surface area (Å²) in [6, 6.07) is 11.5. The van der Waals surface area contributed by atoms with E-state index >= 15 is 0 Å². The molecule has 2 N–H and O–H groups in total. The summed E-state index contributed by atoms with van der Waals surface area (Å²) in [7, 11) is 0. The maximum Gasteiger partial charge on any atom is 0.319 e. The van der Waals surface area contributed by atoms with Crippen LogP contribution in [0.15, 0.2) is 42.5 Å². The Kier molecular flexibility index (Phi) is 4.93. The average Bonchev–Trinajstić information content (AvgIpc) is 2.83. The number of fused-ring (bicyclic) bond motifs is 1. The van der Waals surface area contributed by atoms with Crippen LogP contribution in [-0.4, -0.2) is 28.3 Å². The summed E-state index contributed by atoms with van der Waals surface area (Å²) in [6.07, 6.45) is 0. The summed E-state index contributed by atoms with van der Waals surface area (Å²) in [5.41, 5.74) is 1.33. The Bertz CT molecular complexity index is 934. The van der Waals surface area contributed by atoms with Crippen LogP contribution in [0.25, 0.3) is 0 Å². The molecule has 4 amide bonds. The predicted molar refractivity (Wildman–Crippen MR) is 104 cm³/mol. The van der Waals surface area contributed by atoms with Gasteiger partial charge < -0.3 is 10.6 Å². The molecule has 0 spiro atoms. The van der Waals surface area contributed by atoms with E-state index in [-0.39, 0.29) is 11.8 Å². The first-order valence-electron chi connectivity index (χ1n) is 8.49. The van der Waals surface area contributed by atoms with Crippen molar-refractivity contribution in [3.8, 4) is 0 Å². The van der Waals surface area contributed by atoms with Crippen molar-refractivity contribution in [2.45, 2.75) is 32.9 Å². The highest BCUT2D eigenvalue weighted by Crippen LogP contribution is 2.30. The third-order valence-electron chi connectivity index (χ3n) is 4.16. The van der Waals surface area contributed by atoms with Crippen LogP contribution in [0.1, 0.15) is 47.1 Å². The number of carbonyl (C=O) groups excluding carboxylic acids is 3. The predicted octanol–water partition coefficient (Wildman–Crippen LogP) is 4.06. The number of hydrogen-bond donors (Lipinski definition) is 2. The lowest BCUT2D eigenvalue weighted by atomic mass is 10.1. The fraction of sp³-hybridized carbons (Fsp3) is 0.250. The summed E-state index contributed by atoms with van der Waals surface area (Å²) in [6.45, 7) is 5.72. The number of carbonyl (C=O) groups is 3. The summed E-state index contributed by atoms with van der Waals surface area (Å²) in [5, 5.41) is 6.00. The smallest absolute Gasteiger partial charge is 0.319 e. The van der Waals surface area contributed by atoms with Crippen LogP contribution in [0.5, 0.6) is 0 Å². The van der Waals surface area contributed by atoms with Gasteiger partial charge in [0.25, 0.3) is 11.8 Å². The maximum atomic E-state index is 12.6. The number of imide groups is 1. The summed E-state index contributed by atoms with van der Waals surface area (Å²) in [4.78, 5) is 38.4. The van der Waals surface area contributed by atoms with Crippen molar-refractivity contribution in [3.63, 3.8) is 0 Å². The van der Waals surface area contributed by atoms with Crippen LogP contribution in [0.3, 0.4) is 0 Å². The number of nitrogens with zero attached hydrogens (tertiary/aromatic N) is 1. The molecule has 140 valence electrons. The highest BCUT2D eigenvalue weighted by Gasteiger charge is 2.41.